The van der Waals surface area contributed by atoms with Gasteiger partial charge in [0.2, 0.25) is 5.88 Å². The molecule has 1 aromatic heterocycles. The zero-order chi connectivity index (χ0) is 27.3. The van der Waals surface area contributed by atoms with E-state index in [4.69, 9.17) is 4.74 Å². The number of fused-ring (bicyclic) bond motifs is 6. The highest BCUT2D eigenvalue weighted by Crippen LogP contribution is 2.59. The molecule has 12 heteroatoms. The SMILES string of the molecule is CC1(C)CC2CCCN3CCC(N3)SNCC3CCC(n4ccc(OCCC5(C(F)(F)F)CC5)n4)NC3N1C2. The number of nitrogens with one attached hydrogen (secondary N) is 3. The maximum Gasteiger partial charge on any atom is 0.394 e. The van der Waals surface area contributed by atoms with E-state index in [1.807, 2.05) is 22.8 Å². The van der Waals surface area contributed by atoms with Crippen LogP contribution in [0.2, 0.25) is 0 Å². The van der Waals surface area contributed by atoms with Crippen molar-refractivity contribution in [1.82, 2.24) is 35.2 Å². The average Bonchev–Trinajstić information content (AvgIpc) is 3.18. The molecule has 0 spiro atoms. The summed E-state index contributed by atoms with van der Waals surface area (Å²) in [4.78, 5) is 2.70. The molecule has 4 aliphatic heterocycles. The lowest BCUT2D eigenvalue weighted by molar-refractivity contribution is -0.190. The van der Waals surface area contributed by atoms with Gasteiger partial charge in [-0.25, -0.2) is 10.4 Å². The minimum absolute atomic E-state index is 0.000573. The van der Waals surface area contributed by atoms with Crippen LogP contribution in [0.5, 0.6) is 5.88 Å². The van der Waals surface area contributed by atoms with Crippen LogP contribution in [0.3, 0.4) is 0 Å². The lowest BCUT2D eigenvalue weighted by Gasteiger charge is -2.47. The molecule has 0 radical (unpaired) electrons. The predicted molar refractivity (Wildman–Crippen MR) is 146 cm³/mol. The van der Waals surface area contributed by atoms with E-state index in [1.54, 1.807) is 6.07 Å². The maximum atomic E-state index is 13.2. The number of ether oxygens (including phenoxy) is 1. The third-order valence-electron chi connectivity index (χ3n) is 9.76. The summed E-state index contributed by atoms with van der Waals surface area (Å²) in [5.41, 5.74) is 2.24. The molecule has 1 saturated carbocycles. The van der Waals surface area contributed by atoms with E-state index in [-0.39, 0.29) is 43.7 Å². The molecule has 1 aromatic rings. The van der Waals surface area contributed by atoms with Crippen molar-refractivity contribution in [3.05, 3.63) is 12.3 Å². The summed E-state index contributed by atoms with van der Waals surface area (Å²) in [6, 6.07) is 1.78. The van der Waals surface area contributed by atoms with Crippen LogP contribution < -0.4 is 20.2 Å². The summed E-state index contributed by atoms with van der Waals surface area (Å²) in [7, 11) is 0. The van der Waals surface area contributed by atoms with Gasteiger partial charge < -0.3 is 4.74 Å². The molecule has 8 nitrogen and oxygen atoms in total. The number of rotatable bonds is 5. The molecular weight excluding hydrogens is 527 g/mol. The first-order valence-electron chi connectivity index (χ1n) is 14.8. The Balaban J connectivity index is 1.11. The number of aromatic nitrogens is 2. The van der Waals surface area contributed by atoms with Crippen molar-refractivity contribution >= 4 is 11.9 Å². The summed E-state index contributed by atoms with van der Waals surface area (Å²) >= 11 is 1.83. The molecule has 7 atom stereocenters. The van der Waals surface area contributed by atoms with Crippen molar-refractivity contribution in [1.29, 1.82) is 0 Å². The van der Waals surface area contributed by atoms with Gasteiger partial charge in [0.25, 0.3) is 0 Å². The Morgan fingerprint density at radius 1 is 1.15 bits per heavy atom. The number of hydrogen-bond donors (Lipinski definition) is 3. The van der Waals surface area contributed by atoms with Crippen LogP contribution in [0, 0.1) is 17.3 Å². The number of nitrogens with zero attached hydrogens (tertiary/aromatic N) is 4. The molecule has 5 fully saturated rings. The van der Waals surface area contributed by atoms with E-state index in [2.05, 4.69) is 44.3 Å². The van der Waals surface area contributed by atoms with Crippen molar-refractivity contribution in [2.24, 2.45) is 17.3 Å². The van der Waals surface area contributed by atoms with E-state index in [9.17, 15) is 13.2 Å². The van der Waals surface area contributed by atoms with E-state index in [0.29, 0.717) is 23.1 Å². The third-order valence-corrected chi connectivity index (χ3v) is 10.7. The minimum Gasteiger partial charge on any atom is -0.477 e. The average molecular weight is 572 g/mol. The second-order valence-corrected chi connectivity index (χ2v) is 14.1. The van der Waals surface area contributed by atoms with Crippen molar-refractivity contribution in [2.45, 2.75) is 101 Å². The molecule has 1 aliphatic carbocycles. The fraction of sp³-hybridized carbons (Fsp3) is 0.889. The first kappa shape index (κ1) is 28.1. The smallest absolute Gasteiger partial charge is 0.394 e. The molecule has 5 heterocycles. The standard InChI is InChI=1S/C27H44F3N7OS/c1-25(2)16-19-4-3-12-35-13-8-23(34-35)39-31-17-20-5-6-21(32-24(20)36(25)18-19)37-14-7-22(33-37)38-15-11-26(9-10-26)27(28,29)30/h7,14,19-21,23-24,31-32,34H,3-6,8-13,15-18H2,1-2H3. The molecule has 220 valence electrons. The normalized spacial score (nSPS) is 38.1. The van der Waals surface area contributed by atoms with Gasteiger partial charge in [0.15, 0.2) is 0 Å². The van der Waals surface area contributed by atoms with Crippen LogP contribution in [0.4, 0.5) is 13.2 Å². The van der Waals surface area contributed by atoms with Crippen LogP contribution in [-0.2, 0) is 0 Å². The van der Waals surface area contributed by atoms with Crippen molar-refractivity contribution < 1.29 is 17.9 Å². The van der Waals surface area contributed by atoms with E-state index in [0.717, 1.165) is 45.4 Å². The van der Waals surface area contributed by atoms with Crippen molar-refractivity contribution in [2.75, 3.05) is 32.8 Å². The van der Waals surface area contributed by atoms with Crippen molar-refractivity contribution in [3.63, 3.8) is 0 Å². The van der Waals surface area contributed by atoms with Gasteiger partial charge in [0, 0.05) is 49.9 Å². The van der Waals surface area contributed by atoms with Crippen LogP contribution in [0.25, 0.3) is 0 Å². The van der Waals surface area contributed by atoms with Gasteiger partial charge in [0.1, 0.15) is 6.17 Å². The molecule has 0 amide bonds. The fourth-order valence-electron chi connectivity index (χ4n) is 7.25. The maximum absolute atomic E-state index is 13.2. The molecule has 39 heavy (non-hydrogen) atoms. The van der Waals surface area contributed by atoms with Gasteiger partial charge >= 0.3 is 6.18 Å². The molecule has 3 N–H and O–H groups in total. The topological polar surface area (TPSA) is 69.6 Å². The molecule has 4 saturated heterocycles. The monoisotopic (exact) mass is 571 g/mol. The molecule has 7 unspecified atom stereocenters. The number of hydrazine groups is 1. The largest absolute Gasteiger partial charge is 0.477 e. The van der Waals surface area contributed by atoms with Gasteiger partial charge in [-0.3, -0.25) is 19.6 Å². The Morgan fingerprint density at radius 3 is 2.79 bits per heavy atom. The van der Waals surface area contributed by atoms with Gasteiger partial charge in [-0.1, -0.05) is 11.9 Å². The zero-order valence-corrected chi connectivity index (χ0v) is 24.0. The van der Waals surface area contributed by atoms with Gasteiger partial charge in [0.05, 0.1) is 23.6 Å². The number of halogens is 3. The second kappa shape index (κ2) is 11.0. The molecule has 0 aromatic carbocycles. The first-order chi connectivity index (χ1) is 18.6. The lowest BCUT2D eigenvalue weighted by atomic mass is 9.90. The Labute approximate surface area is 234 Å². The number of piperidine rings is 1. The molecule has 5 aliphatic rings. The minimum atomic E-state index is -4.14. The van der Waals surface area contributed by atoms with Gasteiger partial charge in [-0.2, -0.15) is 13.2 Å². The summed E-state index contributed by atoms with van der Waals surface area (Å²) in [6.45, 7) is 9.09. The van der Waals surface area contributed by atoms with Crippen LogP contribution >= 0.6 is 11.9 Å². The molecular formula is C27H44F3N7OS. The summed E-state index contributed by atoms with van der Waals surface area (Å²) < 4.78 is 51.0. The highest BCUT2D eigenvalue weighted by molar-refractivity contribution is 7.98. The van der Waals surface area contributed by atoms with E-state index >= 15 is 0 Å². The zero-order valence-electron chi connectivity index (χ0n) is 23.2. The predicted octanol–water partition coefficient (Wildman–Crippen LogP) is 4.49. The van der Waals surface area contributed by atoms with Gasteiger partial charge in [-0.05, 0) is 77.6 Å². The Bertz CT molecular complexity index is 987. The fourth-order valence-corrected chi connectivity index (χ4v) is 8.19. The Hall–Kier alpha value is -1.05. The van der Waals surface area contributed by atoms with Crippen molar-refractivity contribution in [3.8, 4) is 5.88 Å². The Morgan fingerprint density at radius 2 is 2.00 bits per heavy atom. The second-order valence-electron chi connectivity index (χ2n) is 13.0. The van der Waals surface area contributed by atoms with Gasteiger partial charge in [-0.15, -0.1) is 5.10 Å². The highest BCUT2D eigenvalue weighted by atomic mass is 32.2. The summed E-state index contributed by atoms with van der Waals surface area (Å²) in [6.07, 6.45) is 5.28. The number of hydrogen-bond acceptors (Lipinski definition) is 8. The third kappa shape index (κ3) is 6.11. The van der Waals surface area contributed by atoms with E-state index < -0.39 is 11.6 Å². The summed E-state index contributed by atoms with van der Waals surface area (Å²) in [5.74, 6) is 1.57. The lowest BCUT2D eigenvalue weighted by Crippen LogP contribution is -2.60. The summed E-state index contributed by atoms with van der Waals surface area (Å²) in [5, 5.41) is 11.4. The number of alkyl halides is 3. The molecule has 4 bridgehead atoms. The van der Waals surface area contributed by atoms with E-state index in [1.165, 1.54) is 19.3 Å². The van der Waals surface area contributed by atoms with Crippen LogP contribution in [-0.4, -0.2) is 75.7 Å². The molecule has 6 rings (SSSR count). The Kier molecular flexibility index (Phi) is 7.91. The highest BCUT2D eigenvalue weighted by Gasteiger charge is 2.62. The quantitative estimate of drug-likeness (QED) is 0.447. The van der Waals surface area contributed by atoms with Crippen LogP contribution in [0.15, 0.2) is 12.3 Å². The first-order valence-corrected chi connectivity index (χ1v) is 15.7. The van der Waals surface area contributed by atoms with Crippen LogP contribution in [0.1, 0.15) is 77.8 Å².